The van der Waals surface area contributed by atoms with Gasteiger partial charge in [-0.3, -0.25) is 19.8 Å². The first-order valence-electron chi connectivity index (χ1n) is 8.91. The Morgan fingerprint density at radius 3 is 2.57 bits per heavy atom. The van der Waals surface area contributed by atoms with E-state index in [1.54, 1.807) is 72.5 Å². The minimum Gasteiger partial charge on any atom is -0.497 e. The van der Waals surface area contributed by atoms with Crippen LogP contribution in [0.2, 0.25) is 0 Å². The van der Waals surface area contributed by atoms with Crippen LogP contribution in [0.15, 0.2) is 72.6 Å². The molecule has 2 heterocycles. The molecule has 0 spiro atoms. The summed E-state index contributed by atoms with van der Waals surface area (Å²) in [5.74, 6) is 0.381. The molecular weight excluding hydrogens is 404 g/mol. The molecule has 0 bridgehead atoms. The maximum atomic E-state index is 13.0. The number of ether oxygens (including phenoxy) is 1. The van der Waals surface area contributed by atoms with Gasteiger partial charge in [-0.25, -0.2) is 0 Å². The number of hydrogen-bond donors (Lipinski definition) is 1. The van der Waals surface area contributed by atoms with Gasteiger partial charge >= 0.3 is 0 Å². The fourth-order valence-corrected chi connectivity index (χ4v) is 3.45. The van der Waals surface area contributed by atoms with Crippen LogP contribution in [0.4, 0.5) is 11.4 Å². The van der Waals surface area contributed by atoms with Crippen molar-refractivity contribution in [2.24, 2.45) is 0 Å². The minimum atomic E-state index is -0.446. The molecule has 3 aromatic rings. The van der Waals surface area contributed by atoms with Gasteiger partial charge in [0.05, 0.1) is 23.4 Å². The molecule has 9 heteroatoms. The molecule has 30 heavy (non-hydrogen) atoms. The van der Waals surface area contributed by atoms with Crippen LogP contribution in [0.25, 0.3) is 11.8 Å². The van der Waals surface area contributed by atoms with Crippen LogP contribution in [0.1, 0.15) is 5.69 Å². The van der Waals surface area contributed by atoms with Gasteiger partial charge in [0.1, 0.15) is 11.4 Å². The summed E-state index contributed by atoms with van der Waals surface area (Å²) in [7, 11) is 1.57. The van der Waals surface area contributed by atoms with Crippen LogP contribution in [0.5, 0.6) is 5.75 Å². The second-order valence-corrected chi connectivity index (χ2v) is 6.79. The van der Waals surface area contributed by atoms with E-state index >= 15 is 0 Å². The largest absolute Gasteiger partial charge is 0.497 e. The van der Waals surface area contributed by atoms with Crippen molar-refractivity contribution >= 4 is 40.7 Å². The third-order valence-corrected chi connectivity index (χ3v) is 4.88. The second-order valence-electron chi connectivity index (χ2n) is 6.41. The summed E-state index contributed by atoms with van der Waals surface area (Å²) < 4.78 is 6.90. The smallest absolute Gasteiger partial charge is 0.281 e. The van der Waals surface area contributed by atoms with Crippen LogP contribution in [0.3, 0.4) is 0 Å². The van der Waals surface area contributed by atoms with E-state index in [0.717, 1.165) is 0 Å². The van der Waals surface area contributed by atoms with Crippen LogP contribution in [-0.4, -0.2) is 27.6 Å². The highest BCUT2D eigenvalue weighted by Crippen LogP contribution is 2.26. The lowest BCUT2D eigenvalue weighted by Crippen LogP contribution is -2.30. The predicted molar refractivity (Wildman–Crippen MR) is 117 cm³/mol. The summed E-state index contributed by atoms with van der Waals surface area (Å²) in [5.41, 5.74) is 2.20. The van der Waals surface area contributed by atoms with E-state index in [-0.39, 0.29) is 16.7 Å². The number of carbonyl (C=O) groups is 1. The van der Waals surface area contributed by atoms with E-state index in [0.29, 0.717) is 28.5 Å². The topological polar surface area (TPSA) is 89.6 Å². The molecule has 150 valence electrons. The van der Waals surface area contributed by atoms with E-state index in [1.807, 2.05) is 0 Å². The molecule has 1 fully saturated rings. The van der Waals surface area contributed by atoms with Gasteiger partial charge in [-0.2, -0.15) is 0 Å². The van der Waals surface area contributed by atoms with Crippen LogP contribution in [-0.2, 0) is 4.79 Å². The summed E-state index contributed by atoms with van der Waals surface area (Å²) in [5, 5.41) is 14.3. The number of non-ortho nitro benzene ring substituents is 1. The van der Waals surface area contributed by atoms with E-state index in [1.165, 1.54) is 17.0 Å². The predicted octanol–water partition coefficient (Wildman–Crippen LogP) is 3.66. The fraction of sp³-hybridized carbons (Fsp3) is 0.0476. The molecule has 0 atom stereocenters. The highest BCUT2D eigenvalue weighted by Gasteiger charge is 2.32. The summed E-state index contributed by atoms with van der Waals surface area (Å²) in [6.07, 6.45) is 3.43. The SMILES string of the molecule is COc1ccc(N2C(=O)C(=Cc3cccn3-c3cccc([N+](=O)[O-])c3)NC2=S)cc1. The zero-order chi connectivity index (χ0) is 21.3. The van der Waals surface area contributed by atoms with Gasteiger partial charge in [0, 0.05) is 24.0 Å². The highest BCUT2D eigenvalue weighted by atomic mass is 32.1. The molecule has 0 aliphatic carbocycles. The average molecular weight is 420 g/mol. The van der Waals surface area contributed by atoms with Gasteiger partial charge in [-0.15, -0.1) is 0 Å². The Morgan fingerprint density at radius 1 is 1.10 bits per heavy atom. The summed E-state index contributed by atoms with van der Waals surface area (Å²) in [6.45, 7) is 0. The lowest BCUT2D eigenvalue weighted by molar-refractivity contribution is -0.384. The van der Waals surface area contributed by atoms with Crippen molar-refractivity contribution in [3.8, 4) is 11.4 Å². The molecule has 0 saturated carbocycles. The molecule has 8 nitrogen and oxygen atoms in total. The molecule has 1 aliphatic rings. The molecule has 1 aliphatic heterocycles. The van der Waals surface area contributed by atoms with Gasteiger partial charge in [-0.05, 0) is 60.8 Å². The number of aromatic nitrogens is 1. The molecule has 1 saturated heterocycles. The van der Waals surface area contributed by atoms with E-state index < -0.39 is 4.92 Å². The van der Waals surface area contributed by atoms with Crippen molar-refractivity contribution < 1.29 is 14.5 Å². The Labute approximate surface area is 177 Å². The van der Waals surface area contributed by atoms with Crippen molar-refractivity contribution in [3.05, 3.63) is 88.4 Å². The number of nitrogens with one attached hydrogen (secondary N) is 1. The molecule has 1 amide bonds. The summed E-state index contributed by atoms with van der Waals surface area (Å²) in [6, 6.07) is 16.9. The Bertz CT molecular complexity index is 1180. The quantitative estimate of drug-likeness (QED) is 0.293. The molecule has 0 radical (unpaired) electrons. The first kappa shape index (κ1) is 19.3. The third kappa shape index (κ3) is 3.53. The molecule has 2 aromatic carbocycles. The molecule has 1 aromatic heterocycles. The van der Waals surface area contributed by atoms with Gasteiger partial charge in [0.15, 0.2) is 5.11 Å². The van der Waals surface area contributed by atoms with Crippen molar-refractivity contribution in [2.75, 3.05) is 12.0 Å². The monoisotopic (exact) mass is 420 g/mol. The first-order valence-corrected chi connectivity index (χ1v) is 9.32. The lowest BCUT2D eigenvalue weighted by Gasteiger charge is -2.14. The number of nitro groups is 1. The van der Waals surface area contributed by atoms with Crippen molar-refractivity contribution in [1.82, 2.24) is 9.88 Å². The minimum absolute atomic E-state index is 0.0123. The number of carbonyl (C=O) groups excluding carboxylic acids is 1. The van der Waals surface area contributed by atoms with Gasteiger partial charge in [0.2, 0.25) is 0 Å². The van der Waals surface area contributed by atoms with Gasteiger partial charge in [-0.1, -0.05) is 6.07 Å². The Kier molecular flexibility index (Phi) is 5.03. The van der Waals surface area contributed by atoms with Crippen molar-refractivity contribution in [2.45, 2.75) is 0 Å². The fourth-order valence-electron chi connectivity index (χ4n) is 3.15. The van der Waals surface area contributed by atoms with Gasteiger partial charge in [0.25, 0.3) is 11.6 Å². The zero-order valence-corrected chi connectivity index (χ0v) is 16.6. The Morgan fingerprint density at radius 2 is 1.87 bits per heavy atom. The second kappa shape index (κ2) is 7.80. The number of anilines is 1. The molecule has 1 N–H and O–H groups in total. The highest BCUT2D eigenvalue weighted by molar-refractivity contribution is 7.80. The van der Waals surface area contributed by atoms with Crippen LogP contribution in [0, 0.1) is 10.1 Å². The van der Waals surface area contributed by atoms with Crippen molar-refractivity contribution in [1.29, 1.82) is 0 Å². The number of amides is 1. The van der Waals surface area contributed by atoms with Gasteiger partial charge < -0.3 is 14.6 Å². The zero-order valence-electron chi connectivity index (χ0n) is 15.8. The Balaban J connectivity index is 1.66. The maximum absolute atomic E-state index is 13.0. The summed E-state index contributed by atoms with van der Waals surface area (Å²) >= 11 is 5.35. The normalized spacial score (nSPS) is 14.8. The number of hydrogen-bond acceptors (Lipinski definition) is 5. The number of nitro benzene ring substituents is 1. The van der Waals surface area contributed by atoms with Crippen LogP contribution < -0.4 is 15.0 Å². The third-order valence-electron chi connectivity index (χ3n) is 4.60. The maximum Gasteiger partial charge on any atom is 0.281 e. The number of methoxy groups -OCH3 is 1. The van der Waals surface area contributed by atoms with Crippen LogP contribution >= 0.6 is 12.2 Å². The van der Waals surface area contributed by atoms with E-state index in [9.17, 15) is 14.9 Å². The number of thiocarbonyl (C=S) groups is 1. The standard InChI is InChI=1S/C21H16N4O4S/c1-29-18-9-7-14(8-10-18)24-20(26)19(22-21(24)30)13-16-6-3-11-23(16)15-4-2-5-17(12-15)25(27)28/h2-13H,1H3,(H,22,30). The van der Waals surface area contributed by atoms with Crippen molar-refractivity contribution in [3.63, 3.8) is 0 Å². The summed E-state index contributed by atoms with van der Waals surface area (Å²) in [4.78, 5) is 25.0. The number of rotatable bonds is 5. The lowest BCUT2D eigenvalue weighted by atomic mass is 10.2. The molecular formula is C21H16N4O4S. The number of benzene rings is 2. The average Bonchev–Trinajstić information content (AvgIpc) is 3.32. The Hall–Kier alpha value is -3.98. The number of nitrogens with zero attached hydrogens (tertiary/aromatic N) is 3. The molecule has 0 unspecified atom stereocenters. The molecule has 4 rings (SSSR count). The van der Waals surface area contributed by atoms with E-state index in [2.05, 4.69) is 5.32 Å². The first-order chi connectivity index (χ1) is 14.5. The van der Waals surface area contributed by atoms with E-state index in [4.69, 9.17) is 17.0 Å².